The van der Waals surface area contributed by atoms with Crippen molar-refractivity contribution < 1.29 is 9.13 Å². The molecule has 1 aromatic carbocycles. The number of nitrogens with zero attached hydrogens (tertiary/aromatic N) is 2. The molecule has 0 N–H and O–H groups in total. The smallest absolute Gasteiger partial charge is 0.258 e. The Morgan fingerprint density at radius 2 is 1.97 bits per heavy atom. The van der Waals surface area contributed by atoms with E-state index >= 15 is 0 Å². The average molecular weight is 421 g/mol. The van der Waals surface area contributed by atoms with Crippen LogP contribution in [0.15, 0.2) is 59.7 Å². The van der Waals surface area contributed by atoms with Crippen LogP contribution in [0.4, 0.5) is 4.39 Å². The quantitative estimate of drug-likeness (QED) is 0.413. The van der Waals surface area contributed by atoms with Gasteiger partial charge in [-0.2, -0.15) is 0 Å². The molecule has 0 unspecified atom stereocenters. The van der Waals surface area contributed by atoms with Gasteiger partial charge in [0, 0.05) is 27.5 Å². The van der Waals surface area contributed by atoms with Crippen LogP contribution in [0.1, 0.15) is 35.4 Å². The van der Waals surface area contributed by atoms with Gasteiger partial charge in [-0.15, -0.1) is 11.3 Å². The van der Waals surface area contributed by atoms with Crippen molar-refractivity contribution in [2.24, 2.45) is 0 Å². The van der Waals surface area contributed by atoms with E-state index in [1.165, 1.54) is 58.3 Å². The van der Waals surface area contributed by atoms with Gasteiger partial charge in [-0.05, 0) is 73.0 Å². The molecule has 0 aliphatic heterocycles. The fourth-order valence-corrected chi connectivity index (χ4v) is 5.27. The first-order chi connectivity index (χ1) is 14.7. The molecule has 3 heterocycles. The second-order valence-electron chi connectivity index (χ2n) is 7.57. The highest BCUT2D eigenvalue weighted by molar-refractivity contribution is 7.19. The van der Waals surface area contributed by atoms with Crippen molar-refractivity contribution in [1.29, 1.82) is 0 Å². The molecule has 5 rings (SSSR count). The predicted molar refractivity (Wildman–Crippen MR) is 117 cm³/mol. The molecule has 0 bridgehead atoms. The molecule has 0 fully saturated rings. The summed E-state index contributed by atoms with van der Waals surface area (Å²) in [5, 5.41) is 1.28. The topological polar surface area (TPSA) is 44.1 Å². The molecule has 4 nitrogen and oxygen atoms in total. The standard InChI is InChI=1S/C24H21FN2O2S/c25-16-6-7-17(26-14-16)15-29-19-10-11-27(24(28)13-19)18-8-9-23-21(12-18)20-4-2-1-3-5-22(20)30-23/h6-14H,1-5,15H2. The number of halogens is 1. The summed E-state index contributed by atoms with van der Waals surface area (Å²) in [7, 11) is 0. The third kappa shape index (κ3) is 3.75. The Hall–Kier alpha value is -2.99. The Bertz CT molecular complexity index is 1260. The van der Waals surface area contributed by atoms with Crippen LogP contribution in [0.5, 0.6) is 5.75 Å². The van der Waals surface area contributed by atoms with Crippen molar-refractivity contribution in [3.05, 3.63) is 87.2 Å². The van der Waals surface area contributed by atoms with E-state index in [0.717, 1.165) is 18.3 Å². The molecule has 0 saturated carbocycles. The zero-order chi connectivity index (χ0) is 20.5. The Morgan fingerprint density at radius 1 is 1.07 bits per heavy atom. The molecule has 30 heavy (non-hydrogen) atoms. The van der Waals surface area contributed by atoms with Crippen molar-refractivity contribution in [1.82, 2.24) is 9.55 Å². The monoisotopic (exact) mass is 420 g/mol. The number of rotatable bonds is 4. The third-order valence-electron chi connectivity index (χ3n) is 5.53. The highest BCUT2D eigenvalue weighted by Crippen LogP contribution is 2.36. The molecule has 0 atom stereocenters. The molecule has 152 valence electrons. The van der Waals surface area contributed by atoms with Gasteiger partial charge >= 0.3 is 0 Å². The number of aromatic nitrogens is 2. The van der Waals surface area contributed by atoms with E-state index in [-0.39, 0.29) is 18.0 Å². The lowest BCUT2D eigenvalue weighted by molar-refractivity contribution is 0.300. The molecular formula is C24H21FN2O2S. The second kappa shape index (κ2) is 8.03. The van der Waals surface area contributed by atoms with Gasteiger partial charge in [0.05, 0.1) is 11.9 Å². The van der Waals surface area contributed by atoms with E-state index in [9.17, 15) is 9.18 Å². The van der Waals surface area contributed by atoms with Gasteiger partial charge in [-0.1, -0.05) is 6.42 Å². The maximum Gasteiger partial charge on any atom is 0.258 e. The summed E-state index contributed by atoms with van der Waals surface area (Å²) in [5.41, 5.74) is 2.78. The minimum absolute atomic E-state index is 0.153. The molecular weight excluding hydrogens is 399 g/mol. The minimum Gasteiger partial charge on any atom is -0.487 e. The first-order valence-electron chi connectivity index (χ1n) is 10.2. The molecule has 4 aromatic rings. The van der Waals surface area contributed by atoms with E-state index < -0.39 is 0 Å². The first-order valence-corrected chi connectivity index (χ1v) is 11.0. The van der Waals surface area contributed by atoms with Gasteiger partial charge in [0.15, 0.2) is 0 Å². The lowest BCUT2D eigenvalue weighted by atomic mass is 10.1. The van der Waals surface area contributed by atoms with E-state index in [1.807, 2.05) is 17.4 Å². The number of aryl methyl sites for hydroxylation is 2. The van der Waals surface area contributed by atoms with E-state index in [0.29, 0.717) is 11.4 Å². The Balaban J connectivity index is 1.41. The van der Waals surface area contributed by atoms with Gasteiger partial charge < -0.3 is 4.74 Å². The normalized spacial score (nSPS) is 13.8. The number of benzene rings is 1. The Morgan fingerprint density at radius 3 is 2.80 bits per heavy atom. The largest absolute Gasteiger partial charge is 0.487 e. The maximum absolute atomic E-state index is 13.0. The van der Waals surface area contributed by atoms with Crippen LogP contribution in [0.3, 0.4) is 0 Å². The van der Waals surface area contributed by atoms with Crippen LogP contribution in [0, 0.1) is 5.82 Å². The van der Waals surface area contributed by atoms with Crippen molar-refractivity contribution in [2.45, 2.75) is 38.7 Å². The van der Waals surface area contributed by atoms with Gasteiger partial charge in [0.25, 0.3) is 5.56 Å². The highest BCUT2D eigenvalue weighted by Gasteiger charge is 2.15. The van der Waals surface area contributed by atoms with E-state index in [4.69, 9.17) is 4.74 Å². The number of fused-ring (bicyclic) bond motifs is 3. The molecule has 3 aromatic heterocycles. The van der Waals surface area contributed by atoms with Gasteiger partial charge in [0.2, 0.25) is 0 Å². The molecule has 6 heteroatoms. The second-order valence-corrected chi connectivity index (χ2v) is 8.71. The number of hydrogen-bond donors (Lipinski definition) is 0. The average Bonchev–Trinajstić information content (AvgIpc) is 2.93. The van der Waals surface area contributed by atoms with Gasteiger partial charge in [-0.3, -0.25) is 14.3 Å². The summed E-state index contributed by atoms with van der Waals surface area (Å²) in [5.74, 6) is 0.0775. The fourth-order valence-electron chi connectivity index (χ4n) is 3.99. The Labute approximate surface area is 177 Å². The minimum atomic E-state index is -0.388. The lowest BCUT2D eigenvalue weighted by Gasteiger charge is -2.09. The number of pyridine rings is 2. The molecule has 0 saturated heterocycles. The molecule has 0 amide bonds. The molecule has 0 radical (unpaired) electrons. The first kappa shape index (κ1) is 19.0. The van der Waals surface area contributed by atoms with Crippen molar-refractivity contribution in [3.8, 4) is 11.4 Å². The van der Waals surface area contributed by atoms with Crippen molar-refractivity contribution >= 4 is 21.4 Å². The summed E-state index contributed by atoms with van der Waals surface area (Å²) < 4.78 is 21.5. The van der Waals surface area contributed by atoms with E-state index in [2.05, 4.69) is 17.1 Å². The molecule has 0 spiro atoms. The number of hydrogen-bond acceptors (Lipinski definition) is 4. The summed E-state index contributed by atoms with van der Waals surface area (Å²) in [6.45, 7) is 0.177. The summed E-state index contributed by atoms with van der Waals surface area (Å²) in [4.78, 5) is 18.2. The lowest BCUT2D eigenvalue weighted by Crippen LogP contribution is -2.16. The maximum atomic E-state index is 13.0. The number of ether oxygens (including phenoxy) is 1. The zero-order valence-corrected chi connectivity index (χ0v) is 17.3. The third-order valence-corrected chi connectivity index (χ3v) is 6.81. The van der Waals surface area contributed by atoms with Crippen LogP contribution < -0.4 is 10.3 Å². The van der Waals surface area contributed by atoms with E-state index in [1.54, 1.807) is 22.9 Å². The van der Waals surface area contributed by atoms with Crippen LogP contribution in [-0.4, -0.2) is 9.55 Å². The van der Waals surface area contributed by atoms with Gasteiger partial charge in [-0.25, -0.2) is 4.39 Å². The van der Waals surface area contributed by atoms with Crippen LogP contribution in [0.2, 0.25) is 0 Å². The summed E-state index contributed by atoms with van der Waals surface area (Å²) >= 11 is 1.89. The summed E-state index contributed by atoms with van der Waals surface area (Å²) in [6.07, 6.45) is 8.96. The van der Waals surface area contributed by atoms with Crippen LogP contribution >= 0.6 is 11.3 Å². The van der Waals surface area contributed by atoms with Gasteiger partial charge in [0.1, 0.15) is 18.2 Å². The SMILES string of the molecule is O=c1cc(OCc2ccc(F)cn2)ccn1-c1ccc2sc3c(c2c1)CCCCC3. The number of thiophene rings is 1. The zero-order valence-electron chi connectivity index (χ0n) is 16.4. The van der Waals surface area contributed by atoms with Crippen molar-refractivity contribution in [2.75, 3.05) is 0 Å². The van der Waals surface area contributed by atoms with Crippen molar-refractivity contribution in [3.63, 3.8) is 0 Å². The van der Waals surface area contributed by atoms with Crippen LogP contribution in [0.25, 0.3) is 15.8 Å². The highest BCUT2D eigenvalue weighted by atomic mass is 32.1. The Kier molecular flexibility index (Phi) is 5.09. The predicted octanol–water partition coefficient (Wildman–Crippen LogP) is 5.43. The summed E-state index contributed by atoms with van der Waals surface area (Å²) in [6, 6.07) is 12.4. The molecule has 1 aliphatic carbocycles. The molecule has 1 aliphatic rings. The van der Waals surface area contributed by atoms with Crippen LogP contribution in [-0.2, 0) is 19.4 Å². The fraction of sp³-hybridized carbons (Fsp3) is 0.250.